The Balaban J connectivity index is 1.57. The molecule has 0 radical (unpaired) electrons. The normalized spacial score (nSPS) is 20.6. The van der Waals surface area contributed by atoms with Crippen molar-refractivity contribution in [3.05, 3.63) is 35.6 Å². The van der Waals surface area contributed by atoms with Crippen LogP contribution in [0, 0.1) is 11.7 Å². The number of carbonyl (C=O) groups excluding carboxylic acids is 3. The molecule has 0 N–H and O–H groups in total. The number of ketones is 1. The molecule has 3 rings (SSSR count). The fourth-order valence-electron chi connectivity index (χ4n) is 3.99. The zero-order valence-corrected chi connectivity index (χ0v) is 17.3. The van der Waals surface area contributed by atoms with Gasteiger partial charge in [-0.2, -0.15) is 0 Å². The van der Waals surface area contributed by atoms with E-state index in [4.69, 9.17) is 4.74 Å². The summed E-state index contributed by atoms with van der Waals surface area (Å²) in [6, 6.07) is 5.10. The fraction of sp³-hybridized carbons (Fsp3) is 0.591. The highest BCUT2D eigenvalue weighted by Gasteiger charge is 2.39. The summed E-state index contributed by atoms with van der Waals surface area (Å²) in [5, 5.41) is 0. The summed E-state index contributed by atoms with van der Waals surface area (Å²) in [4.78, 5) is 41.4. The zero-order valence-electron chi connectivity index (χ0n) is 17.3. The van der Waals surface area contributed by atoms with Crippen LogP contribution in [-0.2, 0) is 9.53 Å². The molecule has 1 atom stereocenters. The number of hydrogen-bond donors (Lipinski definition) is 0. The van der Waals surface area contributed by atoms with E-state index in [1.165, 1.54) is 29.2 Å². The van der Waals surface area contributed by atoms with Gasteiger partial charge in [-0.15, -0.1) is 0 Å². The molecule has 29 heavy (non-hydrogen) atoms. The van der Waals surface area contributed by atoms with Gasteiger partial charge in [-0.3, -0.25) is 14.5 Å². The quantitative estimate of drug-likeness (QED) is 0.722. The van der Waals surface area contributed by atoms with E-state index in [9.17, 15) is 18.8 Å². The standard InChI is InChI=1S/C22H29FN2O4/c1-22(2,3)29-21(28)25-12-4-5-18(25)20(27)24-13-10-16(11-14-24)19(26)15-6-8-17(23)9-7-15/h6-9,16,18H,4-5,10-14H2,1-3H3. The van der Waals surface area contributed by atoms with E-state index in [0.717, 1.165) is 6.42 Å². The van der Waals surface area contributed by atoms with Crippen LogP contribution in [0.5, 0.6) is 0 Å². The minimum atomic E-state index is -0.605. The van der Waals surface area contributed by atoms with Crippen molar-refractivity contribution in [1.82, 2.24) is 9.80 Å². The first-order valence-electron chi connectivity index (χ1n) is 10.2. The monoisotopic (exact) mass is 404 g/mol. The Kier molecular flexibility index (Phi) is 6.24. The van der Waals surface area contributed by atoms with Gasteiger partial charge in [0.05, 0.1) is 0 Å². The molecular weight excluding hydrogens is 375 g/mol. The second-order valence-corrected chi connectivity index (χ2v) is 8.80. The summed E-state index contributed by atoms with van der Waals surface area (Å²) in [6.45, 7) is 6.90. The topological polar surface area (TPSA) is 66.9 Å². The van der Waals surface area contributed by atoms with Gasteiger partial charge in [-0.25, -0.2) is 9.18 Å². The number of amides is 2. The summed E-state index contributed by atoms with van der Waals surface area (Å²) in [6.07, 6.45) is 2.10. The molecule has 1 aromatic rings. The Labute approximate surface area is 171 Å². The number of halogens is 1. The van der Waals surface area contributed by atoms with E-state index in [0.29, 0.717) is 44.5 Å². The highest BCUT2D eigenvalue weighted by molar-refractivity contribution is 5.98. The van der Waals surface area contributed by atoms with E-state index in [1.54, 1.807) is 25.7 Å². The average Bonchev–Trinajstić information content (AvgIpc) is 3.16. The predicted octanol–water partition coefficient (Wildman–Crippen LogP) is 3.65. The summed E-state index contributed by atoms with van der Waals surface area (Å²) >= 11 is 0. The number of nitrogens with zero attached hydrogens (tertiary/aromatic N) is 2. The summed E-state index contributed by atoms with van der Waals surface area (Å²) in [7, 11) is 0. The summed E-state index contributed by atoms with van der Waals surface area (Å²) in [5.74, 6) is -0.613. The lowest BCUT2D eigenvalue weighted by atomic mass is 9.88. The molecule has 2 heterocycles. The molecule has 2 fully saturated rings. The van der Waals surface area contributed by atoms with Crippen molar-refractivity contribution in [3.8, 4) is 0 Å². The van der Waals surface area contributed by atoms with Crippen LogP contribution in [0.3, 0.4) is 0 Å². The number of likely N-dealkylation sites (tertiary alicyclic amines) is 2. The maximum absolute atomic E-state index is 13.1. The predicted molar refractivity (Wildman–Crippen MR) is 106 cm³/mol. The van der Waals surface area contributed by atoms with Gasteiger partial charge in [0.1, 0.15) is 17.5 Å². The van der Waals surface area contributed by atoms with Crippen LogP contribution < -0.4 is 0 Å². The number of piperidine rings is 1. The minimum absolute atomic E-state index is 0.00616. The molecule has 2 aliphatic rings. The van der Waals surface area contributed by atoms with E-state index >= 15 is 0 Å². The van der Waals surface area contributed by atoms with Crippen LogP contribution in [-0.4, -0.2) is 58.9 Å². The van der Waals surface area contributed by atoms with Gasteiger partial charge >= 0.3 is 6.09 Å². The molecule has 158 valence electrons. The van der Waals surface area contributed by atoms with Gasteiger partial charge in [0.15, 0.2) is 5.78 Å². The van der Waals surface area contributed by atoms with E-state index in [-0.39, 0.29) is 23.4 Å². The SMILES string of the molecule is CC(C)(C)OC(=O)N1CCCC1C(=O)N1CCC(C(=O)c2ccc(F)cc2)CC1. The first-order valence-corrected chi connectivity index (χ1v) is 10.2. The van der Waals surface area contributed by atoms with E-state index < -0.39 is 17.7 Å². The lowest BCUT2D eigenvalue weighted by molar-refractivity contribution is -0.137. The number of ether oxygens (including phenoxy) is 1. The third kappa shape index (κ3) is 5.14. The Morgan fingerprint density at radius 2 is 1.62 bits per heavy atom. The number of Topliss-reactive ketones (excluding diaryl/α,β-unsaturated/α-hetero) is 1. The van der Waals surface area contributed by atoms with Crippen molar-refractivity contribution in [2.45, 2.75) is 58.1 Å². The van der Waals surface area contributed by atoms with Gasteiger partial charge in [-0.05, 0) is 70.7 Å². The van der Waals surface area contributed by atoms with E-state index in [1.807, 2.05) is 0 Å². The highest BCUT2D eigenvalue weighted by Crippen LogP contribution is 2.26. The smallest absolute Gasteiger partial charge is 0.410 e. The second-order valence-electron chi connectivity index (χ2n) is 8.80. The van der Waals surface area contributed by atoms with Gasteiger partial charge < -0.3 is 9.64 Å². The van der Waals surface area contributed by atoms with Gasteiger partial charge in [0, 0.05) is 31.1 Å². The first-order chi connectivity index (χ1) is 13.7. The number of hydrogen-bond acceptors (Lipinski definition) is 4. The second kappa shape index (κ2) is 8.51. The molecule has 0 aliphatic carbocycles. The van der Waals surface area contributed by atoms with Gasteiger partial charge in [0.2, 0.25) is 5.91 Å². The number of benzene rings is 1. The third-order valence-electron chi connectivity index (χ3n) is 5.47. The summed E-state index contributed by atoms with van der Waals surface area (Å²) in [5.41, 5.74) is -0.102. The highest BCUT2D eigenvalue weighted by atomic mass is 19.1. The first kappa shape index (κ1) is 21.3. The number of rotatable bonds is 3. The molecule has 2 saturated heterocycles. The zero-order chi connectivity index (χ0) is 21.2. The lowest BCUT2D eigenvalue weighted by Crippen LogP contribution is -2.51. The van der Waals surface area contributed by atoms with Crippen LogP contribution >= 0.6 is 0 Å². The Hall–Kier alpha value is -2.44. The molecule has 6 nitrogen and oxygen atoms in total. The molecule has 7 heteroatoms. The Morgan fingerprint density at radius 1 is 1.00 bits per heavy atom. The molecule has 0 aromatic heterocycles. The summed E-state index contributed by atoms with van der Waals surface area (Å²) < 4.78 is 18.5. The molecule has 0 spiro atoms. The average molecular weight is 404 g/mol. The Bertz CT molecular complexity index is 764. The van der Waals surface area contributed by atoms with E-state index in [2.05, 4.69) is 0 Å². The molecule has 1 unspecified atom stereocenters. The third-order valence-corrected chi connectivity index (χ3v) is 5.47. The molecule has 1 aromatic carbocycles. The van der Waals surface area contributed by atoms with Crippen molar-refractivity contribution in [2.75, 3.05) is 19.6 Å². The van der Waals surface area contributed by atoms with Crippen molar-refractivity contribution in [3.63, 3.8) is 0 Å². The van der Waals surface area contributed by atoms with Crippen LogP contribution in [0.4, 0.5) is 9.18 Å². The van der Waals surface area contributed by atoms with Crippen LogP contribution in [0.25, 0.3) is 0 Å². The largest absolute Gasteiger partial charge is 0.444 e. The van der Waals surface area contributed by atoms with Crippen LogP contribution in [0.1, 0.15) is 56.8 Å². The number of carbonyl (C=O) groups is 3. The molecule has 0 bridgehead atoms. The fourth-order valence-corrected chi connectivity index (χ4v) is 3.99. The van der Waals surface area contributed by atoms with Crippen molar-refractivity contribution >= 4 is 17.8 Å². The van der Waals surface area contributed by atoms with Gasteiger partial charge in [0.25, 0.3) is 0 Å². The molecule has 2 aliphatic heterocycles. The maximum atomic E-state index is 13.1. The molecule has 0 saturated carbocycles. The minimum Gasteiger partial charge on any atom is -0.444 e. The Morgan fingerprint density at radius 3 is 2.21 bits per heavy atom. The molecule has 2 amide bonds. The van der Waals surface area contributed by atoms with Crippen molar-refractivity contribution in [1.29, 1.82) is 0 Å². The van der Waals surface area contributed by atoms with Crippen molar-refractivity contribution < 1.29 is 23.5 Å². The van der Waals surface area contributed by atoms with Gasteiger partial charge in [-0.1, -0.05) is 0 Å². The maximum Gasteiger partial charge on any atom is 0.410 e. The van der Waals surface area contributed by atoms with Crippen LogP contribution in [0.2, 0.25) is 0 Å². The van der Waals surface area contributed by atoms with Crippen molar-refractivity contribution in [2.24, 2.45) is 5.92 Å². The lowest BCUT2D eigenvalue weighted by Gasteiger charge is -2.35. The molecular formula is C22H29FN2O4. The van der Waals surface area contributed by atoms with Crippen LogP contribution in [0.15, 0.2) is 24.3 Å².